The van der Waals surface area contributed by atoms with Crippen molar-refractivity contribution in [2.24, 2.45) is 0 Å². The number of urea groups is 1. The predicted octanol–water partition coefficient (Wildman–Crippen LogP) is 5.38. The van der Waals surface area contributed by atoms with Crippen LogP contribution in [0.2, 0.25) is 0 Å². The first-order chi connectivity index (χ1) is 14.5. The molecule has 1 unspecified atom stereocenters. The molecular weight excluding hydrogens is 394 g/mol. The van der Waals surface area contributed by atoms with Crippen molar-refractivity contribution in [3.05, 3.63) is 83.8 Å². The summed E-state index contributed by atoms with van der Waals surface area (Å²) in [5.41, 5.74) is 4.05. The summed E-state index contributed by atoms with van der Waals surface area (Å²) in [4.78, 5) is 14.7. The quantitative estimate of drug-likeness (QED) is 0.457. The van der Waals surface area contributed by atoms with Crippen molar-refractivity contribution >= 4 is 29.1 Å². The van der Waals surface area contributed by atoms with E-state index in [1.807, 2.05) is 60.0 Å². The molecule has 2 N–H and O–H groups in total. The van der Waals surface area contributed by atoms with E-state index < -0.39 is 0 Å². The number of carbonyl (C=O) groups excluding carboxylic acids is 1. The number of fused-ring (bicyclic) bond motifs is 1. The van der Waals surface area contributed by atoms with Gasteiger partial charge in [-0.25, -0.2) is 4.79 Å². The molecule has 2 amide bonds. The third kappa shape index (κ3) is 4.46. The number of carbonyl (C=O) groups is 1. The van der Waals surface area contributed by atoms with Crippen LogP contribution in [0.15, 0.2) is 76.7 Å². The van der Waals surface area contributed by atoms with Crippen molar-refractivity contribution in [3.8, 4) is 0 Å². The minimum atomic E-state index is -0.290. The minimum Gasteiger partial charge on any atom is -0.328 e. The van der Waals surface area contributed by atoms with Gasteiger partial charge in [0.25, 0.3) is 0 Å². The SMILES string of the molecule is Cc1ccc(Sc2ccc(NC(=O)NC(C)c3nnc4ccccn34)cc2)cc1C. The molecule has 0 saturated carbocycles. The van der Waals surface area contributed by atoms with Crippen molar-refractivity contribution in [1.29, 1.82) is 0 Å². The van der Waals surface area contributed by atoms with Crippen molar-refractivity contribution in [3.63, 3.8) is 0 Å². The monoisotopic (exact) mass is 417 g/mol. The van der Waals surface area contributed by atoms with Crippen LogP contribution in [0, 0.1) is 13.8 Å². The minimum absolute atomic E-state index is 0.287. The Morgan fingerprint density at radius 3 is 2.50 bits per heavy atom. The van der Waals surface area contributed by atoms with Crippen molar-refractivity contribution in [2.45, 2.75) is 36.6 Å². The van der Waals surface area contributed by atoms with Crippen LogP contribution >= 0.6 is 11.8 Å². The molecule has 6 nitrogen and oxygen atoms in total. The number of nitrogens with one attached hydrogen (secondary N) is 2. The third-order valence-corrected chi connectivity index (χ3v) is 5.90. The normalized spacial score (nSPS) is 12.0. The molecule has 2 aromatic carbocycles. The number of nitrogens with zero attached hydrogens (tertiary/aromatic N) is 3. The molecule has 2 heterocycles. The summed E-state index contributed by atoms with van der Waals surface area (Å²) in [5, 5.41) is 14.1. The zero-order valence-corrected chi connectivity index (χ0v) is 17.9. The maximum absolute atomic E-state index is 12.4. The number of aryl methyl sites for hydroxylation is 2. The molecule has 0 saturated heterocycles. The molecule has 1 atom stereocenters. The van der Waals surface area contributed by atoms with E-state index in [0.717, 1.165) is 16.2 Å². The maximum atomic E-state index is 12.4. The van der Waals surface area contributed by atoms with Gasteiger partial charge < -0.3 is 10.6 Å². The molecule has 0 spiro atoms. The van der Waals surface area contributed by atoms with Gasteiger partial charge in [-0.1, -0.05) is 23.9 Å². The van der Waals surface area contributed by atoms with E-state index in [1.54, 1.807) is 11.8 Å². The average molecular weight is 418 g/mol. The molecule has 7 heteroatoms. The summed E-state index contributed by atoms with van der Waals surface area (Å²) in [7, 11) is 0. The first kappa shape index (κ1) is 20.0. The third-order valence-electron chi connectivity index (χ3n) is 4.90. The van der Waals surface area contributed by atoms with Gasteiger partial charge >= 0.3 is 6.03 Å². The van der Waals surface area contributed by atoms with Gasteiger partial charge in [-0.2, -0.15) is 0 Å². The Morgan fingerprint density at radius 2 is 1.73 bits per heavy atom. The summed E-state index contributed by atoms with van der Waals surface area (Å²) in [6, 6.07) is 19.4. The van der Waals surface area contributed by atoms with E-state index in [-0.39, 0.29) is 12.1 Å². The summed E-state index contributed by atoms with van der Waals surface area (Å²) in [6.45, 7) is 6.11. The van der Waals surface area contributed by atoms with Gasteiger partial charge in [0.05, 0.1) is 6.04 Å². The molecule has 0 aliphatic rings. The first-order valence-electron chi connectivity index (χ1n) is 9.72. The molecule has 2 aromatic heterocycles. The van der Waals surface area contributed by atoms with Crippen LogP contribution < -0.4 is 10.6 Å². The largest absolute Gasteiger partial charge is 0.328 e. The molecule has 152 valence electrons. The first-order valence-corrected chi connectivity index (χ1v) is 10.5. The average Bonchev–Trinajstić information content (AvgIpc) is 3.16. The number of hydrogen-bond acceptors (Lipinski definition) is 4. The number of rotatable bonds is 5. The molecule has 0 fully saturated rings. The summed E-state index contributed by atoms with van der Waals surface area (Å²) in [6.07, 6.45) is 1.88. The van der Waals surface area contributed by atoms with Crippen LogP contribution in [0.5, 0.6) is 0 Å². The Balaban J connectivity index is 1.37. The zero-order chi connectivity index (χ0) is 21.1. The Morgan fingerprint density at radius 1 is 0.967 bits per heavy atom. The van der Waals surface area contributed by atoms with Crippen molar-refractivity contribution in [1.82, 2.24) is 19.9 Å². The lowest BCUT2D eigenvalue weighted by molar-refractivity contribution is 0.249. The van der Waals surface area contributed by atoms with Crippen molar-refractivity contribution in [2.75, 3.05) is 5.32 Å². The van der Waals surface area contributed by atoms with E-state index in [9.17, 15) is 4.79 Å². The lowest BCUT2D eigenvalue weighted by Gasteiger charge is -2.13. The summed E-state index contributed by atoms with van der Waals surface area (Å²) >= 11 is 1.70. The van der Waals surface area contributed by atoms with Gasteiger partial charge in [-0.3, -0.25) is 4.40 Å². The number of hydrogen-bond donors (Lipinski definition) is 2. The van der Waals surface area contributed by atoms with E-state index in [1.165, 1.54) is 16.0 Å². The van der Waals surface area contributed by atoms with Gasteiger partial charge in [0, 0.05) is 21.7 Å². The number of aromatic nitrogens is 3. The lowest BCUT2D eigenvalue weighted by Crippen LogP contribution is -2.32. The topological polar surface area (TPSA) is 71.3 Å². The van der Waals surface area contributed by atoms with E-state index in [0.29, 0.717) is 5.82 Å². The molecule has 0 aliphatic carbocycles. The molecule has 4 rings (SSSR count). The van der Waals surface area contributed by atoms with Gasteiger partial charge in [-0.05, 0) is 80.4 Å². The Bertz CT molecular complexity index is 1190. The number of amides is 2. The standard InChI is InChI=1S/C23H23N5OS/c1-15-7-10-20(14-16(15)2)30-19-11-8-18(9-12-19)25-23(29)24-17(3)22-27-26-21-6-4-5-13-28(21)22/h4-14,17H,1-3H3,(H2,24,25,29). The molecule has 30 heavy (non-hydrogen) atoms. The second-order valence-corrected chi connectivity index (χ2v) is 8.33. The van der Waals surface area contributed by atoms with E-state index >= 15 is 0 Å². The van der Waals surface area contributed by atoms with Crippen LogP contribution in [-0.4, -0.2) is 20.6 Å². The number of pyridine rings is 1. The molecule has 0 aliphatic heterocycles. The number of anilines is 1. The van der Waals surface area contributed by atoms with Crippen LogP contribution in [0.4, 0.5) is 10.5 Å². The van der Waals surface area contributed by atoms with Gasteiger partial charge in [-0.15, -0.1) is 10.2 Å². The smallest absolute Gasteiger partial charge is 0.319 e. The molecular formula is C23H23N5OS. The summed E-state index contributed by atoms with van der Waals surface area (Å²) < 4.78 is 1.86. The predicted molar refractivity (Wildman–Crippen MR) is 120 cm³/mol. The fourth-order valence-electron chi connectivity index (χ4n) is 3.10. The van der Waals surface area contributed by atoms with Gasteiger partial charge in [0.15, 0.2) is 11.5 Å². The van der Waals surface area contributed by atoms with Crippen LogP contribution in [0.3, 0.4) is 0 Å². The van der Waals surface area contributed by atoms with Crippen molar-refractivity contribution < 1.29 is 4.79 Å². The summed E-state index contributed by atoms with van der Waals surface area (Å²) in [5.74, 6) is 0.681. The highest BCUT2D eigenvalue weighted by molar-refractivity contribution is 7.99. The lowest BCUT2D eigenvalue weighted by atomic mass is 10.1. The maximum Gasteiger partial charge on any atom is 0.319 e. The number of benzene rings is 2. The Labute approximate surface area is 179 Å². The van der Waals surface area contributed by atoms with E-state index in [4.69, 9.17) is 0 Å². The fourth-order valence-corrected chi connectivity index (χ4v) is 4.02. The second kappa shape index (κ2) is 8.59. The van der Waals surface area contributed by atoms with Crippen LogP contribution in [0.25, 0.3) is 5.65 Å². The second-order valence-electron chi connectivity index (χ2n) is 7.18. The fraction of sp³-hybridized carbons (Fsp3) is 0.174. The van der Waals surface area contributed by atoms with Crippen LogP contribution in [-0.2, 0) is 0 Å². The molecule has 0 bridgehead atoms. The Kier molecular flexibility index (Phi) is 5.72. The van der Waals surface area contributed by atoms with E-state index in [2.05, 4.69) is 52.9 Å². The van der Waals surface area contributed by atoms with Gasteiger partial charge in [0.2, 0.25) is 0 Å². The van der Waals surface area contributed by atoms with Gasteiger partial charge in [0.1, 0.15) is 0 Å². The Hall–Kier alpha value is -3.32. The highest BCUT2D eigenvalue weighted by Crippen LogP contribution is 2.29. The molecule has 0 radical (unpaired) electrons. The highest BCUT2D eigenvalue weighted by Gasteiger charge is 2.15. The van der Waals surface area contributed by atoms with Crippen LogP contribution in [0.1, 0.15) is 29.9 Å². The molecule has 4 aromatic rings. The zero-order valence-electron chi connectivity index (χ0n) is 17.1. The highest BCUT2D eigenvalue weighted by atomic mass is 32.2.